The van der Waals surface area contributed by atoms with Crippen molar-refractivity contribution in [1.82, 2.24) is 15.5 Å². The van der Waals surface area contributed by atoms with Gasteiger partial charge in [-0.2, -0.15) is 0 Å². The van der Waals surface area contributed by atoms with Crippen molar-refractivity contribution >= 4 is 17.8 Å². The van der Waals surface area contributed by atoms with E-state index in [4.69, 9.17) is 4.74 Å². The van der Waals surface area contributed by atoms with E-state index in [9.17, 15) is 14.4 Å². The fourth-order valence-corrected chi connectivity index (χ4v) is 9.99. The summed E-state index contributed by atoms with van der Waals surface area (Å²) in [6.07, 6.45) is 11.1. The summed E-state index contributed by atoms with van der Waals surface area (Å²) in [5, 5.41) is 6.83. The number of rotatable bonds is 10. The summed E-state index contributed by atoms with van der Waals surface area (Å²) in [5.74, 6) is 1.33. The standard InChI is InChI=1S/C37H61N3O4/c1-23(2)27-14-18-36(7)16-10-12-25(5)32(36)34(27)38-29(41)20-40(22-31(43)44-9)21-30(42)39-35-28(24(3)4)15-19-37(8)17-11-13-26(6)33(35)37/h23-24,27-28,32-35H,5-6,10-22H2,1-4,7-9H3,(H,38,41)(H,39,42)/t27-,28-,32+,33+,34-,35-,36+,37+/m0/s1. The van der Waals surface area contributed by atoms with Crippen molar-refractivity contribution in [3.05, 3.63) is 24.3 Å². The van der Waals surface area contributed by atoms with Crippen molar-refractivity contribution in [2.45, 2.75) is 118 Å². The topological polar surface area (TPSA) is 87.7 Å². The molecular weight excluding hydrogens is 550 g/mol. The Morgan fingerprint density at radius 1 is 0.773 bits per heavy atom. The van der Waals surface area contributed by atoms with Crippen LogP contribution < -0.4 is 10.6 Å². The first kappa shape index (κ1) is 34.7. The molecule has 0 aliphatic heterocycles. The number of carbonyl (C=O) groups is 3. The van der Waals surface area contributed by atoms with E-state index in [1.807, 2.05) is 0 Å². The predicted octanol–water partition coefficient (Wildman–Crippen LogP) is 6.29. The van der Waals surface area contributed by atoms with Gasteiger partial charge in [-0.1, -0.05) is 65.8 Å². The number of hydrogen-bond acceptors (Lipinski definition) is 5. The molecule has 4 aliphatic carbocycles. The normalized spacial score (nSPS) is 35.7. The Morgan fingerprint density at radius 3 is 1.55 bits per heavy atom. The van der Waals surface area contributed by atoms with Gasteiger partial charge in [0.2, 0.25) is 11.8 Å². The number of nitrogens with zero attached hydrogens (tertiary/aromatic N) is 1. The minimum Gasteiger partial charge on any atom is -0.468 e. The summed E-state index contributed by atoms with van der Waals surface area (Å²) in [4.78, 5) is 41.6. The summed E-state index contributed by atoms with van der Waals surface area (Å²) in [6, 6.07) is 0.0127. The van der Waals surface area contributed by atoms with Crippen LogP contribution in [-0.4, -0.2) is 61.5 Å². The molecule has 0 bridgehead atoms. The average Bonchev–Trinajstić information content (AvgIpc) is 2.92. The molecule has 4 rings (SSSR count). The predicted molar refractivity (Wildman–Crippen MR) is 177 cm³/mol. The number of carbonyl (C=O) groups excluding carboxylic acids is 3. The number of esters is 1. The van der Waals surface area contributed by atoms with Crippen molar-refractivity contribution in [3.63, 3.8) is 0 Å². The second-order valence-corrected chi connectivity index (χ2v) is 16.1. The molecule has 0 aromatic carbocycles. The number of amides is 2. The summed E-state index contributed by atoms with van der Waals surface area (Å²) in [7, 11) is 1.34. The van der Waals surface area contributed by atoms with E-state index in [2.05, 4.69) is 65.3 Å². The van der Waals surface area contributed by atoms with E-state index < -0.39 is 5.97 Å². The van der Waals surface area contributed by atoms with Gasteiger partial charge in [0.15, 0.2) is 0 Å². The fraction of sp³-hybridized carbons (Fsp3) is 0.811. The Balaban J connectivity index is 1.49. The van der Waals surface area contributed by atoms with Gasteiger partial charge in [-0.25, -0.2) is 0 Å². The van der Waals surface area contributed by atoms with E-state index in [1.54, 1.807) is 4.90 Å². The summed E-state index contributed by atoms with van der Waals surface area (Å²) in [5.41, 5.74) is 2.80. The highest BCUT2D eigenvalue weighted by molar-refractivity contribution is 5.83. The molecule has 248 valence electrons. The fourth-order valence-electron chi connectivity index (χ4n) is 9.99. The van der Waals surface area contributed by atoms with E-state index in [1.165, 1.54) is 18.3 Å². The van der Waals surface area contributed by atoms with Crippen LogP contribution in [0.4, 0.5) is 0 Å². The third-order valence-electron chi connectivity index (χ3n) is 12.3. The molecule has 2 amide bonds. The number of hydrogen-bond donors (Lipinski definition) is 2. The molecule has 8 atom stereocenters. The third kappa shape index (κ3) is 7.45. The molecule has 4 aliphatic rings. The highest BCUT2D eigenvalue weighted by Crippen LogP contribution is 2.55. The second-order valence-electron chi connectivity index (χ2n) is 16.1. The third-order valence-corrected chi connectivity index (χ3v) is 12.3. The molecule has 0 spiro atoms. The van der Waals surface area contributed by atoms with Gasteiger partial charge in [0.05, 0.1) is 26.7 Å². The van der Waals surface area contributed by atoms with Crippen molar-refractivity contribution < 1.29 is 19.1 Å². The number of ether oxygens (including phenoxy) is 1. The van der Waals surface area contributed by atoms with Gasteiger partial charge < -0.3 is 15.4 Å². The number of nitrogens with one attached hydrogen (secondary N) is 2. The van der Waals surface area contributed by atoms with Crippen molar-refractivity contribution in [3.8, 4) is 0 Å². The van der Waals surface area contributed by atoms with Crippen molar-refractivity contribution in [2.75, 3.05) is 26.7 Å². The van der Waals surface area contributed by atoms with Crippen LogP contribution in [0.2, 0.25) is 0 Å². The zero-order chi connectivity index (χ0) is 32.4. The summed E-state index contributed by atoms with van der Waals surface area (Å²) in [6.45, 7) is 22.5. The molecule has 4 saturated carbocycles. The molecule has 44 heavy (non-hydrogen) atoms. The van der Waals surface area contributed by atoms with Gasteiger partial charge in [-0.05, 0) is 98.7 Å². The van der Waals surface area contributed by atoms with Gasteiger partial charge in [0, 0.05) is 23.9 Å². The Kier molecular flexibility index (Phi) is 11.1. The maximum atomic E-state index is 13.8. The zero-order valence-electron chi connectivity index (χ0n) is 28.8. The van der Waals surface area contributed by atoms with Gasteiger partial charge in [0.25, 0.3) is 0 Å². The lowest BCUT2D eigenvalue weighted by Gasteiger charge is -2.54. The molecular formula is C37H61N3O4. The molecule has 2 N–H and O–H groups in total. The first-order valence-electron chi connectivity index (χ1n) is 17.4. The summed E-state index contributed by atoms with van der Waals surface area (Å²) < 4.78 is 4.97. The van der Waals surface area contributed by atoms with Crippen LogP contribution in [0.25, 0.3) is 0 Å². The molecule has 4 fully saturated rings. The van der Waals surface area contributed by atoms with Crippen LogP contribution in [0, 0.1) is 46.3 Å². The maximum Gasteiger partial charge on any atom is 0.319 e. The average molecular weight is 612 g/mol. The van der Waals surface area contributed by atoms with Crippen molar-refractivity contribution in [1.29, 1.82) is 0 Å². The minimum absolute atomic E-state index is 0.00637. The lowest BCUT2D eigenvalue weighted by atomic mass is 9.53. The molecule has 0 aromatic rings. The van der Waals surface area contributed by atoms with Crippen LogP contribution in [-0.2, 0) is 19.1 Å². The van der Waals surface area contributed by atoms with Gasteiger partial charge in [-0.15, -0.1) is 0 Å². The summed E-state index contributed by atoms with van der Waals surface area (Å²) >= 11 is 0. The molecule has 7 heteroatoms. The van der Waals surface area contributed by atoms with Gasteiger partial charge in [0.1, 0.15) is 0 Å². The maximum absolute atomic E-state index is 13.8. The van der Waals surface area contributed by atoms with E-state index in [0.717, 1.165) is 64.2 Å². The van der Waals surface area contributed by atoms with E-state index in [-0.39, 0.29) is 66.2 Å². The first-order valence-corrected chi connectivity index (χ1v) is 17.4. The number of fused-ring (bicyclic) bond motifs is 2. The first-order chi connectivity index (χ1) is 20.7. The second kappa shape index (κ2) is 14.1. The van der Waals surface area contributed by atoms with E-state index >= 15 is 0 Å². The van der Waals surface area contributed by atoms with Crippen LogP contribution in [0.15, 0.2) is 24.3 Å². The van der Waals surface area contributed by atoms with Crippen LogP contribution in [0.3, 0.4) is 0 Å². The SMILES string of the molecule is C=C1CCC[C@]2(C)CC[C@@H](C(C)C)[C@H](NC(=O)CN(CC(=O)N[C@@H]3[C@H]4C(=C)CCC[C@]4(C)CC[C@H]3C(C)C)CC(=O)OC)[C@@H]12. The largest absolute Gasteiger partial charge is 0.468 e. The Hall–Kier alpha value is -2.15. The molecule has 0 heterocycles. The Labute approximate surface area is 267 Å². The lowest BCUT2D eigenvalue weighted by Crippen LogP contribution is -2.59. The van der Waals surface area contributed by atoms with Crippen LogP contribution >= 0.6 is 0 Å². The van der Waals surface area contributed by atoms with Crippen LogP contribution in [0.5, 0.6) is 0 Å². The minimum atomic E-state index is -0.456. The monoisotopic (exact) mass is 611 g/mol. The molecule has 0 unspecified atom stereocenters. The molecule has 0 radical (unpaired) electrons. The van der Waals surface area contributed by atoms with Gasteiger partial charge >= 0.3 is 5.97 Å². The van der Waals surface area contributed by atoms with Crippen LogP contribution in [0.1, 0.15) is 106 Å². The van der Waals surface area contributed by atoms with Gasteiger partial charge in [-0.3, -0.25) is 19.3 Å². The van der Waals surface area contributed by atoms with Crippen molar-refractivity contribution in [2.24, 2.45) is 46.3 Å². The Bertz CT molecular complexity index is 1020. The zero-order valence-corrected chi connectivity index (χ0v) is 28.8. The van der Waals surface area contributed by atoms with E-state index in [0.29, 0.717) is 23.7 Å². The Morgan fingerprint density at radius 2 is 1.18 bits per heavy atom. The highest BCUT2D eigenvalue weighted by atomic mass is 16.5. The molecule has 0 aromatic heterocycles. The lowest BCUT2D eigenvalue weighted by molar-refractivity contribution is -0.142. The highest BCUT2D eigenvalue weighted by Gasteiger charge is 2.51. The number of methoxy groups -OCH3 is 1. The molecule has 0 saturated heterocycles. The molecule has 7 nitrogen and oxygen atoms in total. The smallest absolute Gasteiger partial charge is 0.319 e. The quantitative estimate of drug-likeness (QED) is 0.224.